The molecule has 1 fully saturated rings. The van der Waals surface area contributed by atoms with Crippen molar-refractivity contribution in [3.05, 3.63) is 59.7 Å². The summed E-state index contributed by atoms with van der Waals surface area (Å²) in [7, 11) is 0. The van der Waals surface area contributed by atoms with Gasteiger partial charge in [0.2, 0.25) is 17.5 Å². The van der Waals surface area contributed by atoms with Crippen molar-refractivity contribution in [2.75, 3.05) is 25.0 Å². The van der Waals surface area contributed by atoms with Crippen molar-refractivity contribution in [3.63, 3.8) is 0 Å². The van der Waals surface area contributed by atoms with Crippen LogP contribution in [-0.4, -0.2) is 29.5 Å². The van der Waals surface area contributed by atoms with Gasteiger partial charge in [0.25, 0.3) is 0 Å². The zero-order valence-corrected chi connectivity index (χ0v) is 16.0. The van der Waals surface area contributed by atoms with Crippen molar-refractivity contribution >= 4 is 5.88 Å². The Balaban J connectivity index is 1.54. The summed E-state index contributed by atoms with van der Waals surface area (Å²) in [5.74, 6) is 1.78. The van der Waals surface area contributed by atoms with Crippen LogP contribution in [0.2, 0.25) is 0 Å². The smallest absolute Gasteiger partial charge is 0.232 e. The van der Waals surface area contributed by atoms with Gasteiger partial charge in [0.1, 0.15) is 11.8 Å². The first-order chi connectivity index (χ1) is 13.7. The maximum atomic E-state index is 9.48. The molecule has 1 aromatic carbocycles. The Morgan fingerprint density at radius 2 is 1.96 bits per heavy atom. The molecule has 28 heavy (non-hydrogen) atoms. The summed E-state index contributed by atoms with van der Waals surface area (Å²) >= 11 is 0. The van der Waals surface area contributed by atoms with Gasteiger partial charge in [-0.05, 0) is 57.1 Å². The first-order valence-electron chi connectivity index (χ1n) is 9.74. The van der Waals surface area contributed by atoms with E-state index in [9.17, 15) is 5.26 Å². The molecule has 1 aliphatic rings. The molecule has 1 aliphatic heterocycles. The van der Waals surface area contributed by atoms with Crippen molar-refractivity contribution in [3.8, 4) is 17.5 Å². The van der Waals surface area contributed by atoms with Crippen LogP contribution in [0.25, 0.3) is 11.5 Å². The molecule has 1 atom stereocenters. The molecule has 4 rings (SSSR count). The molecular weight excluding hydrogens is 352 g/mol. The molecule has 0 spiro atoms. The van der Waals surface area contributed by atoms with Crippen LogP contribution in [0.15, 0.2) is 51.5 Å². The zero-order chi connectivity index (χ0) is 19.3. The number of nitrogens with zero attached hydrogens (tertiary/aromatic N) is 3. The van der Waals surface area contributed by atoms with Gasteiger partial charge in [-0.1, -0.05) is 24.1 Å². The number of aromatic nitrogens is 1. The minimum Gasteiger partial charge on any atom is -0.468 e. The van der Waals surface area contributed by atoms with Crippen LogP contribution in [-0.2, 0) is 0 Å². The lowest BCUT2D eigenvalue weighted by Crippen LogP contribution is -2.37. The van der Waals surface area contributed by atoms with E-state index in [1.165, 1.54) is 19.3 Å². The van der Waals surface area contributed by atoms with Gasteiger partial charge in [0.05, 0.1) is 12.3 Å². The van der Waals surface area contributed by atoms with Crippen molar-refractivity contribution in [2.45, 2.75) is 32.2 Å². The first-order valence-corrected chi connectivity index (χ1v) is 9.74. The molecule has 6 heteroatoms. The van der Waals surface area contributed by atoms with Gasteiger partial charge in [-0.15, -0.1) is 0 Å². The monoisotopic (exact) mass is 376 g/mol. The number of anilines is 1. The molecule has 0 bridgehead atoms. The SMILES string of the molecule is Cc1ccc(-c2nc(C#N)c(NC[C@H](c3ccco3)N3CCCCC3)o2)cc1. The number of nitrogens with one attached hydrogen (secondary N) is 1. The van der Waals surface area contributed by atoms with Crippen molar-refractivity contribution in [1.29, 1.82) is 5.26 Å². The van der Waals surface area contributed by atoms with Crippen molar-refractivity contribution < 1.29 is 8.83 Å². The highest BCUT2D eigenvalue weighted by Crippen LogP contribution is 2.29. The molecule has 0 aliphatic carbocycles. The summed E-state index contributed by atoms with van der Waals surface area (Å²) in [6.07, 6.45) is 5.37. The summed E-state index contributed by atoms with van der Waals surface area (Å²) in [6, 6.07) is 14.0. The average molecular weight is 376 g/mol. The minimum atomic E-state index is 0.0924. The minimum absolute atomic E-state index is 0.0924. The number of rotatable bonds is 6. The van der Waals surface area contributed by atoms with E-state index in [1.807, 2.05) is 43.3 Å². The molecule has 0 unspecified atom stereocenters. The lowest BCUT2D eigenvalue weighted by Gasteiger charge is -2.33. The molecule has 0 amide bonds. The molecule has 0 radical (unpaired) electrons. The fraction of sp³-hybridized carbons (Fsp3) is 0.364. The Morgan fingerprint density at radius 1 is 1.18 bits per heavy atom. The van der Waals surface area contributed by atoms with Gasteiger partial charge < -0.3 is 14.2 Å². The van der Waals surface area contributed by atoms with E-state index >= 15 is 0 Å². The number of likely N-dealkylation sites (tertiary alicyclic amines) is 1. The van der Waals surface area contributed by atoms with E-state index in [2.05, 4.69) is 21.3 Å². The fourth-order valence-electron chi connectivity index (χ4n) is 3.65. The second kappa shape index (κ2) is 8.32. The van der Waals surface area contributed by atoms with Crippen LogP contribution >= 0.6 is 0 Å². The number of hydrogen-bond donors (Lipinski definition) is 1. The summed E-state index contributed by atoms with van der Waals surface area (Å²) in [4.78, 5) is 6.78. The Hall–Kier alpha value is -3.04. The molecule has 6 nitrogen and oxygen atoms in total. The number of oxazole rings is 1. The highest BCUT2D eigenvalue weighted by molar-refractivity contribution is 5.59. The molecular formula is C22H24N4O2. The van der Waals surface area contributed by atoms with Gasteiger partial charge in [-0.2, -0.15) is 10.2 Å². The molecule has 0 saturated carbocycles. The first kappa shape index (κ1) is 18.3. The van der Waals surface area contributed by atoms with Gasteiger partial charge >= 0.3 is 0 Å². The van der Waals surface area contributed by atoms with Crippen LogP contribution in [0.5, 0.6) is 0 Å². The lowest BCUT2D eigenvalue weighted by molar-refractivity contribution is 0.152. The maximum Gasteiger partial charge on any atom is 0.232 e. The van der Waals surface area contributed by atoms with E-state index in [0.717, 1.165) is 30.0 Å². The number of hydrogen-bond acceptors (Lipinski definition) is 6. The number of furan rings is 1. The Labute approximate surface area is 164 Å². The number of benzene rings is 1. The quantitative estimate of drug-likeness (QED) is 0.669. The predicted molar refractivity (Wildman–Crippen MR) is 107 cm³/mol. The Morgan fingerprint density at radius 3 is 2.64 bits per heavy atom. The standard InChI is InChI=1S/C22H24N4O2/c1-16-7-9-17(10-8-16)21-25-18(14-23)22(28-21)24-15-19(20-6-5-13-27-20)26-11-3-2-4-12-26/h5-10,13,19,24H,2-4,11-12,15H2,1H3/t19-/m1/s1. The normalized spacial score (nSPS) is 15.9. The topological polar surface area (TPSA) is 78.2 Å². The zero-order valence-electron chi connectivity index (χ0n) is 16.0. The molecule has 2 aromatic heterocycles. The summed E-state index contributed by atoms with van der Waals surface area (Å²) in [6.45, 7) is 4.71. The van der Waals surface area contributed by atoms with Crippen LogP contribution in [0.4, 0.5) is 5.88 Å². The van der Waals surface area contributed by atoms with E-state index in [4.69, 9.17) is 8.83 Å². The third kappa shape index (κ3) is 3.95. The summed E-state index contributed by atoms with van der Waals surface area (Å²) < 4.78 is 11.6. The van der Waals surface area contributed by atoms with Crippen LogP contribution in [0.1, 0.15) is 42.3 Å². The summed E-state index contributed by atoms with van der Waals surface area (Å²) in [5, 5.41) is 12.8. The average Bonchev–Trinajstić information content (AvgIpc) is 3.40. The Kier molecular flexibility index (Phi) is 5.45. The second-order valence-electron chi connectivity index (χ2n) is 7.18. The largest absolute Gasteiger partial charge is 0.468 e. The predicted octanol–water partition coefficient (Wildman–Crippen LogP) is 4.75. The van der Waals surface area contributed by atoms with Crippen LogP contribution in [0.3, 0.4) is 0 Å². The van der Waals surface area contributed by atoms with Crippen molar-refractivity contribution in [2.24, 2.45) is 0 Å². The highest BCUT2D eigenvalue weighted by Gasteiger charge is 2.25. The molecule has 3 heterocycles. The third-order valence-electron chi connectivity index (χ3n) is 5.19. The van der Waals surface area contributed by atoms with E-state index < -0.39 is 0 Å². The molecule has 3 aromatic rings. The van der Waals surface area contributed by atoms with Crippen LogP contribution in [0, 0.1) is 18.3 Å². The van der Waals surface area contributed by atoms with Gasteiger partial charge in [-0.3, -0.25) is 4.90 Å². The maximum absolute atomic E-state index is 9.48. The third-order valence-corrected chi connectivity index (χ3v) is 5.19. The Bertz CT molecular complexity index is 932. The van der Waals surface area contributed by atoms with E-state index in [1.54, 1.807) is 6.26 Å². The van der Waals surface area contributed by atoms with Gasteiger partial charge in [0.15, 0.2) is 0 Å². The highest BCUT2D eigenvalue weighted by atomic mass is 16.4. The molecule has 144 valence electrons. The molecule has 1 N–H and O–H groups in total. The van der Waals surface area contributed by atoms with E-state index in [0.29, 0.717) is 18.3 Å². The second-order valence-corrected chi connectivity index (χ2v) is 7.18. The number of aryl methyl sites for hydroxylation is 1. The molecule has 1 saturated heterocycles. The fourth-order valence-corrected chi connectivity index (χ4v) is 3.65. The number of piperidine rings is 1. The van der Waals surface area contributed by atoms with E-state index in [-0.39, 0.29) is 11.7 Å². The van der Waals surface area contributed by atoms with Crippen molar-refractivity contribution in [1.82, 2.24) is 9.88 Å². The van der Waals surface area contributed by atoms with Gasteiger partial charge in [-0.25, -0.2) is 0 Å². The summed E-state index contributed by atoms with van der Waals surface area (Å²) in [5.41, 5.74) is 2.29. The van der Waals surface area contributed by atoms with Gasteiger partial charge in [0, 0.05) is 12.1 Å². The lowest BCUT2D eigenvalue weighted by atomic mass is 10.1. The van der Waals surface area contributed by atoms with Crippen LogP contribution < -0.4 is 5.32 Å². The number of nitriles is 1.